The molecule has 2 fully saturated rings. The summed E-state index contributed by atoms with van der Waals surface area (Å²) in [6, 6.07) is -0.829. The lowest BCUT2D eigenvalue weighted by molar-refractivity contribution is -0.140. The maximum Gasteiger partial charge on any atom is 0.408 e. The number of rotatable bonds is 6. The molecule has 0 spiro atoms. The summed E-state index contributed by atoms with van der Waals surface area (Å²) in [6.45, 7) is 5.56. The lowest BCUT2D eigenvalue weighted by atomic mass is 9.98. The van der Waals surface area contributed by atoms with Crippen molar-refractivity contribution in [1.29, 1.82) is 0 Å². The number of nitrogens with one attached hydrogen (secondary N) is 1. The maximum atomic E-state index is 11.9. The molecule has 3 atom stereocenters. The van der Waals surface area contributed by atoms with Crippen LogP contribution in [0.5, 0.6) is 0 Å². The largest absolute Gasteiger partial charge is 0.480 e. The van der Waals surface area contributed by atoms with Gasteiger partial charge in [0.05, 0.1) is 0 Å². The third-order valence-corrected chi connectivity index (χ3v) is 4.54. The van der Waals surface area contributed by atoms with Crippen LogP contribution in [0.2, 0.25) is 0 Å². The van der Waals surface area contributed by atoms with Crippen molar-refractivity contribution in [3.05, 3.63) is 12.7 Å². The second kappa shape index (κ2) is 5.85. The Labute approximate surface area is 119 Å². The SMILES string of the molecule is C=CC[C@@H]1C[C@@]1(C)OC(=O)N[C@H](C(=O)O)C1CCCC1. The number of hydrogen-bond acceptors (Lipinski definition) is 3. The molecule has 2 aliphatic carbocycles. The lowest BCUT2D eigenvalue weighted by Gasteiger charge is -2.22. The highest BCUT2D eigenvalue weighted by molar-refractivity contribution is 5.80. The molecule has 2 aliphatic rings. The second-order valence-electron chi connectivity index (χ2n) is 6.13. The number of allylic oxidation sites excluding steroid dienone is 1. The maximum absolute atomic E-state index is 11.9. The molecule has 0 aliphatic heterocycles. The lowest BCUT2D eigenvalue weighted by Crippen LogP contribution is -2.46. The van der Waals surface area contributed by atoms with E-state index < -0.39 is 23.7 Å². The van der Waals surface area contributed by atoms with E-state index in [-0.39, 0.29) is 5.92 Å². The molecule has 0 bridgehead atoms. The Bertz CT molecular complexity index is 403. The molecule has 0 aromatic rings. The van der Waals surface area contributed by atoms with Gasteiger partial charge in [-0.15, -0.1) is 6.58 Å². The predicted octanol–water partition coefficient (Wildman–Crippen LogP) is 2.71. The van der Waals surface area contributed by atoms with Crippen molar-refractivity contribution in [1.82, 2.24) is 5.32 Å². The quantitative estimate of drug-likeness (QED) is 0.734. The number of alkyl carbamates (subject to hydrolysis) is 1. The highest BCUT2D eigenvalue weighted by Gasteiger charge is 2.53. The van der Waals surface area contributed by atoms with Crippen LogP contribution in [-0.4, -0.2) is 28.8 Å². The van der Waals surface area contributed by atoms with Crippen molar-refractivity contribution in [3.63, 3.8) is 0 Å². The van der Waals surface area contributed by atoms with Crippen LogP contribution in [0.1, 0.15) is 45.4 Å². The van der Waals surface area contributed by atoms with Gasteiger partial charge in [0.25, 0.3) is 0 Å². The molecule has 2 rings (SSSR count). The van der Waals surface area contributed by atoms with Crippen molar-refractivity contribution < 1.29 is 19.4 Å². The number of hydrogen-bond donors (Lipinski definition) is 2. The van der Waals surface area contributed by atoms with Gasteiger partial charge in [-0.2, -0.15) is 0 Å². The van der Waals surface area contributed by atoms with Crippen molar-refractivity contribution in [2.75, 3.05) is 0 Å². The molecule has 2 saturated carbocycles. The van der Waals surface area contributed by atoms with E-state index in [0.717, 1.165) is 38.5 Å². The van der Waals surface area contributed by atoms with Crippen LogP contribution in [0.15, 0.2) is 12.7 Å². The normalized spacial score (nSPS) is 30.6. The molecule has 5 heteroatoms. The number of carbonyl (C=O) groups is 2. The fourth-order valence-corrected chi connectivity index (χ4v) is 3.13. The molecule has 2 N–H and O–H groups in total. The van der Waals surface area contributed by atoms with Crippen molar-refractivity contribution >= 4 is 12.1 Å². The van der Waals surface area contributed by atoms with E-state index in [2.05, 4.69) is 11.9 Å². The zero-order valence-electron chi connectivity index (χ0n) is 11.9. The minimum atomic E-state index is -0.975. The van der Waals surface area contributed by atoms with Crippen molar-refractivity contribution in [2.24, 2.45) is 11.8 Å². The predicted molar refractivity (Wildman–Crippen MR) is 74.3 cm³/mol. The van der Waals surface area contributed by atoms with Gasteiger partial charge in [-0.25, -0.2) is 9.59 Å². The Morgan fingerprint density at radius 1 is 1.50 bits per heavy atom. The number of carbonyl (C=O) groups excluding carboxylic acids is 1. The van der Waals surface area contributed by atoms with Crippen LogP contribution in [0.4, 0.5) is 4.79 Å². The summed E-state index contributed by atoms with van der Waals surface area (Å²) < 4.78 is 5.39. The van der Waals surface area contributed by atoms with Crippen LogP contribution in [0.25, 0.3) is 0 Å². The van der Waals surface area contributed by atoms with Gasteiger partial charge in [0.15, 0.2) is 0 Å². The summed E-state index contributed by atoms with van der Waals surface area (Å²) in [5, 5.41) is 11.8. The number of carboxylic acid groups (broad SMARTS) is 1. The average molecular weight is 281 g/mol. The molecule has 5 nitrogen and oxygen atoms in total. The third kappa shape index (κ3) is 3.32. The van der Waals surface area contributed by atoms with Crippen LogP contribution in [0, 0.1) is 11.8 Å². The summed E-state index contributed by atoms with van der Waals surface area (Å²) in [4.78, 5) is 23.2. The highest BCUT2D eigenvalue weighted by Crippen LogP contribution is 2.48. The van der Waals surface area contributed by atoms with Gasteiger partial charge in [0.2, 0.25) is 0 Å². The first kappa shape index (κ1) is 14.9. The number of carboxylic acids is 1. The third-order valence-electron chi connectivity index (χ3n) is 4.54. The first-order valence-corrected chi connectivity index (χ1v) is 7.29. The molecule has 0 unspecified atom stereocenters. The number of aliphatic carboxylic acids is 1. The summed E-state index contributed by atoms with van der Waals surface area (Å²) in [5.74, 6) is -0.644. The minimum Gasteiger partial charge on any atom is -0.480 e. The monoisotopic (exact) mass is 281 g/mol. The zero-order chi connectivity index (χ0) is 14.8. The van der Waals surface area contributed by atoms with Gasteiger partial charge in [0, 0.05) is 5.92 Å². The van der Waals surface area contributed by atoms with Crippen LogP contribution < -0.4 is 5.32 Å². The Morgan fingerprint density at radius 3 is 2.70 bits per heavy atom. The Balaban J connectivity index is 1.86. The van der Waals surface area contributed by atoms with Gasteiger partial charge in [-0.05, 0) is 38.5 Å². The molecule has 0 aromatic heterocycles. The van der Waals surface area contributed by atoms with Crippen LogP contribution in [-0.2, 0) is 9.53 Å². The molecule has 112 valence electrons. The Kier molecular flexibility index (Phi) is 4.35. The summed E-state index contributed by atoms with van der Waals surface area (Å²) >= 11 is 0. The Morgan fingerprint density at radius 2 is 2.15 bits per heavy atom. The second-order valence-corrected chi connectivity index (χ2v) is 6.13. The van der Waals surface area contributed by atoms with E-state index in [1.165, 1.54) is 0 Å². The standard InChI is InChI=1S/C15H23NO4/c1-3-6-11-9-15(11,2)20-14(19)16-12(13(17)18)10-7-4-5-8-10/h3,10-12H,1,4-9H2,2H3,(H,16,19)(H,17,18)/t11-,12+,15-/m1/s1. The summed E-state index contributed by atoms with van der Waals surface area (Å²) in [6.07, 6.45) is 6.60. The van der Waals surface area contributed by atoms with Gasteiger partial charge in [-0.3, -0.25) is 0 Å². The van der Waals surface area contributed by atoms with E-state index in [1.54, 1.807) is 0 Å². The number of ether oxygens (including phenoxy) is 1. The van der Waals surface area contributed by atoms with Gasteiger partial charge >= 0.3 is 12.1 Å². The first-order chi connectivity index (χ1) is 9.46. The smallest absolute Gasteiger partial charge is 0.408 e. The van der Waals surface area contributed by atoms with Gasteiger partial charge in [-0.1, -0.05) is 18.9 Å². The average Bonchev–Trinajstić information content (AvgIpc) is 2.81. The summed E-state index contributed by atoms with van der Waals surface area (Å²) in [5.41, 5.74) is -0.461. The first-order valence-electron chi connectivity index (χ1n) is 7.29. The van der Waals surface area contributed by atoms with E-state index in [1.807, 2.05) is 13.0 Å². The van der Waals surface area contributed by atoms with E-state index in [4.69, 9.17) is 4.74 Å². The molecule has 1 amide bonds. The summed E-state index contributed by atoms with van der Waals surface area (Å²) in [7, 11) is 0. The molecular weight excluding hydrogens is 258 g/mol. The molecule has 0 heterocycles. The minimum absolute atomic E-state index is 0.0241. The topological polar surface area (TPSA) is 75.6 Å². The van der Waals surface area contributed by atoms with Crippen LogP contribution >= 0.6 is 0 Å². The van der Waals surface area contributed by atoms with E-state index in [0.29, 0.717) is 5.92 Å². The van der Waals surface area contributed by atoms with Crippen LogP contribution in [0.3, 0.4) is 0 Å². The fraction of sp³-hybridized carbons (Fsp3) is 0.733. The fourth-order valence-electron chi connectivity index (χ4n) is 3.13. The van der Waals surface area contributed by atoms with E-state index in [9.17, 15) is 14.7 Å². The molecule has 0 saturated heterocycles. The molecule has 0 aromatic carbocycles. The van der Waals surface area contributed by atoms with E-state index >= 15 is 0 Å². The molecule has 0 radical (unpaired) electrons. The zero-order valence-corrected chi connectivity index (χ0v) is 11.9. The highest BCUT2D eigenvalue weighted by atomic mass is 16.6. The van der Waals surface area contributed by atoms with Gasteiger partial charge < -0.3 is 15.2 Å². The van der Waals surface area contributed by atoms with Gasteiger partial charge in [0.1, 0.15) is 11.6 Å². The molecule has 20 heavy (non-hydrogen) atoms. The van der Waals surface area contributed by atoms with Crippen molar-refractivity contribution in [3.8, 4) is 0 Å². The Hall–Kier alpha value is -1.52. The number of amides is 1. The molecular formula is C15H23NO4. The van der Waals surface area contributed by atoms with Crippen molar-refractivity contribution in [2.45, 2.75) is 57.1 Å².